The molecule has 2 aromatic carbocycles. The van der Waals surface area contributed by atoms with Gasteiger partial charge in [-0.1, -0.05) is 12.1 Å². The van der Waals surface area contributed by atoms with Crippen molar-refractivity contribution in [1.82, 2.24) is 0 Å². The highest BCUT2D eigenvalue weighted by molar-refractivity contribution is 5.81. The molecule has 0 fully saturated rings. The van der Waals surface area contributed by atoms with Crippen LogP contribution in [0.4, 0.5) is 8.78 Å². The second-order valence-electron chi connectivity index (χ2n) is 4.14. The fourth-order valence-corrected chi connectivity index (χ4v) is 1.92. The van der Waals surface area contributed by atoms with Crippen molar-refractivity contribution in [2.45, 2.75) is 0 Å². The molecule has 0 amide bonds. The summed E-state index contributed by atoms with van der Waals surface area (Å²) in [6.07, 6.45) is 0. The van der Waals surface area contributed by atoms with Crippen molar-refractivity contribution in [1.29, 1.82) is 0 Å². The standard InChI is InChI=1S/C15H8F2O2/c16-11-4-1-9(2-5-11)13-7-10-3-6-12(17)8-14(10)19-15(13)18/h1-8H. The molecule has 0 spiro atoms. The molecule has 0 atom stereocenters. The van der Waals surface area contributed by atoms with E-state index in [4.69, 9.17) is 4.42 Å². The van der Waals surface area contributed by atoms with Crippen molar-refractivity contribution in [3.05, 3.63) is 70.6 Å². The van der Waals surface area contributed by atoms with Crippen molar-refractivity contribution in [3.8, 4) is 11.1 Å². The Morgan fingerprint density at radius 3 is 2.26 bits per heavy atom. The summed E-state index contributed by atoms with van der Waals surface area (Å²) < 4.78 is 31.0. The molecule has 94 valence electrons. The Morgan fingerprint density at radius 2 is 1.53 bits per heavy atom. The second kappa shape index (κ2) is 4.31. The summed E-state index contributed by atoms with van der Waals surface area (Å²) in [7, 11) is 0. The summed E-state index contributed by atoms with van der Waals surface area (Å²) in [5, 5.41) is 0.611. The lowest BCUT2D eigenvalue weighted by Crippen LogP contribution is -2.02. The van der Waals surface area contributed by atoms with Crippen LogP contribution in [0.25, 0.3) is 22.1 Å². The zero-order valence-corrected chi connectivity index (χ0v) is 9.69. The summed E-state index contributed by atoms with van der Waals surface area (Å²) in [6, 6.07) is 11.1. The van der Waals surface area contributed by atoms with Crippen LogP contribution in [-0.4, -0.2) is 0 Å². The average molecular weight is 258 g/mol. The number of benzene rings is 2. The molecule has 3 aromatic rings. The highest BCUT2D eigenvalue weighted by Gasteiger charge is 2.08. The van der Waals surface area contributed by atoms with Crippen molar-refractivity contribution in [2.24, 2.45) is 0 Å². The Morgan fingerprint density at radius 1 is 0.842 bits per heavy atom. The van der Waals surface area contributed by atoms with Gasteiger partial charge in [0.1, 0.15) is 17.2 Å². The van der Waals surface area contributed by atoms with E-state index < -0.39 is 11.4 Å². The van der Waals surface area contributed by atoms with Crippen LogP contribution >= 0.6 is 0 Å². The van der Waals surface area contributed by atoms with E-state index in [-0.39, 0.29) is 11.4 Å². The Labute approximate surface area is 106 Å². The van der Waals surface area contributed by atoms with E-state index in [1.165, 1.54) is 36.4 Å². The molecule has 2 nitrogen and oxygen atoms in total. The third-order valence-electron chi connectivity index (χ3n) is 2.85. The van der Waals surface area contributed by atoms with Gasteiger partial charge in [-0.3, -0.25) is 0 Å². The Balaban J connectivity index is 2.24. The summed E-state index contributed by atoms with van der Waals surface area (Å²) in [5.74, 6) is -0.846. The van der Waals surface area contributed by atoms with Crippen LogP contribution in [0.1, 0.15) is 0 Å². The predicted molar refractivity (Wildman–Crippen MR) is 67.8 cm³/mol. The molecule has 0 radical (unpaired) electrons. The lowest BCUT2D eigenvalue weighted by molar-refractivity contribution is 0.556. The molecule has 3 rings (SSSR count). The van der Waals surface area contributed by atoms with Gasteiger partial charge in [0.25, 0.3) is 0 Å². The average Bonchev–Trinajstić information content (AvgIpc) is 2.39. The first-order valence-corrected chi connectivity index (χ1v) is 5.63. The first-order chi connectivity index (χ1) is 9.13. The van der Waals surface area contributed by atoms with E-state index in [9.17, 15) is 13.6 Å². The number of hydrogen-bond donors (Lipinski definition) is 0. The maximum Gasteiger partial charge on any atom is 0.344 e. The molecular weight excluding hydrogens is 250 g/mol. The predicted octanol–water partition coefficient (Wildman–Crippen LogP) is 3.74. The quantitative estimate of drug-likeness (QED) is 0.622. The molecule has 1 heterocycles. The minimum atomic E-state index is -0.579. The molecule has 0 N–H and O–H groups in total. The van der Waals surface area contributed by atoms with Gasteiger partial charge < -0.3 is 4.42 Å². The summed E-state index contributed by atoms with van der Waals surface area (Å²) in [5.41, 5.74) is 0.487. The minimum Gasteiger partial charge on any atom is -0.422 e. The smallest absolute Gasteiger partial charge is 0.344 e. The number of hydrogen-bond acceptors (Lipinski definition) is 2. The molecule has 0 aliphatic carbocycles. The first kappa shape index (κ1) is 11.6. The van der Waals surface area contributed by atoms with Crippen LogP contribution in [0.2, 0.25) is 0 Å². The van der Waals surface area contributed by atoms with Crippen LogP contribution in [-0.2, 0) is 0 Å². The largest absolute Gasteiger partial charge is 0.422 e. The minimum absolute atomic E-state index is 0.191. The Kier molecular flexibility index (Phi) is 2.63. The van der Waals surface area contributed by atoms with E-state index in [0.717, 1.165) is 6.07 Å². The lowest BCUT2D eigenvalue weighted by Gasteiger charge is -2.02. The van der Waals surface area contributed by atoms with Gasteiger partial charge in [0.15, 0.2) is 0 Å². The van der Waals surface area contributed by atoms with Gasteiger partial charge >= 0.3 is 5.63 Å². The van der Waals surface area contributed by atoms with Crippen LogP contribution in [0.3, 0.4) is 0 Å². The highest BCUT2D eigenvalue weighted by Crippen LogP contribution is 2.21. The summed E-state index contributed by atoms with van der Waals surface area (Å²) in [4.78, 5) is 11.8. The van der Waals surface area contributed by atoms with Gasteiger partial charge in [0, 0.05) is 11.5 Å². The SMILES string of the molecule is O=c1oc2cc(F)ccc2cc1-c1ccc(F)cc1. The number of rotatable bonds is 1. The van der Waals surface area contributed by atoms with E-state index >= 15 is 0 Å². The van der Waals surface area contributed by atoms with Crippen LogP contribution in [0.15, 0.2) is 57.7 Å². The van der Waals surface area contributed by atoms with Gasteiger partial charge in [-0.25, -0.2) is 13.6 Å². The van der Waals surface area contributed by atoms with E-state index in [2.05, 4.69) is 0 Å². The van der Waals surface area contributed by atoms with E-state index in [1.54, 1.807) is 6.07 Å². The van der Waals surface area contributed by atoms with E-state index in [1.807, 2.05) is 0 Å². The first-order valence-electron chi connectivity index (χ1n) is 5.63. The molecular formula is C15H8F2O2. The maximum atomic E-state index is 13.0. The van der Waals surface area contributed by atoms with Crippen LogP contribution < -0.4 is 5.63 Å². The van der Waals surface area contributed by atoms with E-state index in [0.29, 0.717) is 16.5 Å². The number of halogens is 2. The molecule has 0 unspecified atom stereocenters. The molecule has 0 saturated heterocycles. The fourth-order valence-electron chi connectivity index (χ4n) is 1.92. The van der Waals surface area contributed by atoms with Gasteiger partial charge in [-0.15, -0.1) is 0 Å². The molecule has 19 heavy (non-hydrogen) atoms. The third kappa shape index (κ3) is 2.12. The molecule has 1 aromatic heterocycles. The van der Waals surface area contributed by atoms with Crippen LogP contribution in [0.5, 0.6) is 0 Å². The molecule has 4 heteroatoms. The molecule has 0 saturated carbocycles. The molecule has 0 aliphatic rings. The topological polar surface area (TPSA) is 30.2 Å². The zero-order valence-electron chi connectivity index (χ0n) is 9.69. The lowest BCUT2D eigenvalue weighted by atomic mass is 10.1. The highest BCUT2D eigenvalue weighted by atomic mass is 19.1. The van der Waals surface area contributed by atoms with Crippen LogP contribution in [0, 0.1) is 11.6 Å². The number of fused-ring (bicyclic) bond motifs is 1. The monoisotopic (exact) mass is 258 g/mol. The van der Waals surface area contributed by atoms with Crippen molar-refractivity contribution in [2.75, 3.05) is 0 Å². The molecule has 0 aliphatic heterocycles. The van der Waals surface area contributed by atoms with Crippen molar-refractivity contribution >= 4 is 11.0 Å². The second-order valence-corrected chi connectivity index (χ2v) is 4.14. The fraction of sp³-hybridized carbons (Fsp3) is 0. The summed E-state index contributed by atoms with van der Waals surface area (Å²) in [6.45, 7) is 0. The van der Waals surface area contributed by atoms with Crippen molar-refractivity contribution < 1.29 is 13.2 Å². The zero-order chi connectivity index (χ0) is 13.4. The Hall–Kier alpha value is -2.49. The normalized spacial score (nSPS) is 10.8. The Bertz CT molecular complexity index is 804. The van der Waals surface area contributed by atoms with Gasteiger partial charge in [0.2, 0.25) is 0 Å². The van der Waals surface area contributed by atoms with Crippen molar-refractivity contribution in [3.63, 3.8) is 0 Å². The summed E-state index contributed by atoms with van der Waals surface area (Å²) >= 11 is 0. The van der Waals surface area contributed by atoms with Gasteiger partial charge in [0.05, 0.1) is 5.56 Å². The molecule has 0 bridgehead atoms. The third-order valence-corrected chi connectivity index (χ3v) is 2.85. The maximum absolute atomic E-state index is 13.0. The van der Waals surface area contributed by atoms with Gasteiger partial charge in [-0.05, 0) is 35.9 Å². The van der Waals surface area contributed by atoms with Gasteiger partial charge in [-0.2, -0.15) is 0 Å².